The Hall–Kier alpha value is -3.49. The topological polar surface area (TPSA) is 79.7 Å². The maximum Gasteiger partial charge on any atom is 0.301 e. The number of halogens is 1. The molecule has 1 unspecified atom stereocenters. The molecule has 0 saturated carbocycles. The van der Waals surface area contributed by atoms with Gasteiger partial charge >= 0.3 is 5.91 Å². The van der Waals surface area contributed by atoms with Crippen LogP contribution in [-0.2, 0) is 9.59 Å². The highest BCUT2D eigenvalue weighted by molar-refractivity contribution is 9.10. The molecule has 0 radical (unpaired) electrons. The number of aromatic nitrogens is 1. The fourth-order valence-corrected chi connectivity index (χ4v) is 5.97. The van der Waals surface area contributed by atoms with E-state index >= 15 is 0 Å². The number of aliphatic hydroxyl groups excluding tert-OH is 1. The van der Waals surface area contributed by atoms with Crippen LogP contribution in [0, 0.1) is 13.8 Å². The smallest absolute Gasteiger partial charge is 0.301 e. The van der Waals surface area contributed by atoms with Gasteiger partial charge in [0.25, 0.3) is 5.78 Å². The van der Waals surface area contributed by atoms with Crippen molar-refractivity contribution in [2.75, 3.05) is 11.5 Å². The molecule has 1 aliphatic rings. The van der Waals surface area contributed by atoms with Gasteiger partial charge in [-0.15, -0.1) is 0 Å². The Morgan fingerprint density at radius 1 is 1.08 bits per heavy atom. The summed E-state index contributed by atoms with van der Waals surface area (Å²) in [6, 6.07) is 17.5. The third-order valence-electron chi connectivity index (χ3n) is 6.26. The quantitative estimate of drug-likeness (QED) is 0.150. The number of aliphatic hydroxyl groups is 1. The van der Waals surface area contributed by atoms with E-state index in [0.717, 1.165) is 32.2 Å². The fraction of sp³-hybridized carbons (Fsp3) is 0.207. The minimum atomic E-state index is -0.828. The van der Waals surface area contributed by atoms with Crippen molar-refractivity contribution >= 4 is 60.1 Å². The molecule has 1 amide bonds. The van der Waals surface area contributed by atoms with Crippen molar-refractivity contribution in [3.8, 4) is 5.75 Å². The van der Waals surface area contributed by atoms with Gasteiger partial charge in [-0.2, -0.15) is 0 Å². The van der Waals surface area contributed by atoms with Crippen LogP contribution in [0.25, 0.3) is 16.0 Å². The molecule has 3 aromatic carbocycles. The lowest BCUT2D eigenvalue weighted by molar-refractivity contribution is -0.132. The summed E-state index contributed by atoms with van der Waals surface area (Å²) >= 11 is 4.81. The number of fused-ring (bicyclic) bond motifs is 1. The zero-order valence-corrected chi connectivity index (χ0v) is 23.0. The van der Waals surface area contributed by atoms with Gasteiger partial charge in [-0.25, -0.2) is 4.98 Å². The highest BCUT2D eigenvalue weighted by atomic mass is 79.9. The van der Waals surface area contributed by atoms with Gasteiger partial charge in [-0.3, -0.25) is 14.5 Å². The van der Waals surface area contributed by atoms with E-state index in [1.54, 1.807) is 24.3 Å². The van der Waals surface area contributed by atoms with Crippen molar-refractivity contribution in [2.24, 2.45) is 0 Å². The first-order valence-electron chi connectivity index (χ1n) is 12.0. The zero-order chi connectivity index (χ0) is 26.3. The van der Waals surface area contributed by atoms with Gasteiger partial charge in [-0.1, -0.05) is 52.4 Å². The Labute approximate surface area is 227 Å². The van der Waals surface area contributed by atoms with E-state index in [1.165, 1.54) is 16.2 Å². The van der Waals surface area contributed by atoms with E-state index in [9.17, 15) is 14.7 Å². The second-order valence-electron chi connectivity index (χ2n) is 9.02. The molecule has 0 bridgehead atoms. The van der Waals surface area contributed by atoms with Crippen LogP contribution in [0.4, 0.5) is 5.13 Å². The highest BCUT2D eigenvalue weighted by Crippen LogP contribution is 2.45. The van der Waals surface area contributed by atoms with Crippen LogP contribution >= 0.6 is 27.3 Å². The lowest BCUT2D eigenvalue weighted by Gasteiger charge is -2.23. The number of rotatable bonds is 6. The zero-order valence-electron chi connectivity index (χ0n) is 20.6. The number of amides is 1. The normalized spacial score (nSPS) is 17.1. The third kappa shape index (κ3) is 4.67. The first kappa shape index (κ1) is 25.2. The minimum Gasteiger partial charge on any atom is -0.507 e. The maximum atomic E-state index is 13.5. The number of hydrogen-bond donors (Lipinski definition) is 1. The number of hydrogen-bond acceptors (Lipinski definition) is 6. The van der Waals surface area contributed by atoms with Crippen LogP contribution < -0.4 is 9.64 Å². The Balaban J connectivity index is 1.66. The molecule has 4 aromatic rings. The molecule has 1 atom stereocenters. The summed E-state index contributed by atoms with van der Waals surface area (Å²) in [4.78, 5) is 33.1. The standard InChI is InChI=1S/C29H25BrN2O4S/c1-4-13-36-21-11-7-19(8-12-21)26(33)23-25(18-5-9-20(30)10-6-18)32(28(35)27(23)34)29-31-24-17(3)14-16(2)15-22(24)37-29/h5-12,14-15,25,33H,4,13H2,1-3H3. The molecule has 1 fully saturated rings. The number of aryl methyl sites for hydroxylation is 2. The number of carbonyl (C=O) groups is 2. The summed E-state index contributed by atoms with van der Waals surface area (Å²) in [5.41, 5.74) is 4.04. The van der Waals surface area contributed by atoms with Gasteiger partial charge in [0.15, 0.2) is 5.13 Å². The molecular weight excluding hydrogens is 552 g/mol. The molecule has 1 aliphatic heterocycles. The van der Waals surface area contributed by atoms with Crippen molar-refractivity contribution in [3.63, 3.8) is 0 Å². The Kier molecular flexibility index (Phi) is 6.88. The number of anilines is 1. The highest BCUT2D eigenvalue weighted by Gasteiger charge is 2.48. The Morgan fingerprint density at radius 3 is 2.46 bits per heavy atom. The van der Waals surface area contributed by atoms with Gasteiger partial charge in [0, 0.05) is 10.0 Å². The van der Waals surface area contributed by atoms with Crippen molar-refractivity contribution in [3.05, 3.63) is 93.0 Å². The first-order chi connectivity index (χ1) is 17.8. The van der Waals surface area contributed by atoms with Gasteiger partial charge < -0.3 is 9.84 Å². The molecular formula is C29H25BrN2O4S. The molecule has 8 heteroatoms. The minimum absolute atomic E-state index is 0.0294. The fourth-order valence-electron chi connectivity index (χ4n) is 4.54. The van der Waals surface area contributed by atoms with Gasteiger partial charge in [-0.05, 0) is 79.4 Å². The van der Waals surface area contributed by atoms with Gasteiger partial charge in [0.1, 0.15) is 11.5 Å². The summed E-state index contributed by atoms with van der Waals surface area (Å²) < 4.78 is 7.44. The Bertz CT molecular complexity index is 1540. The molecule has 188 valence electrons. The number of ketones is 1. The van der Waals surface area contributed by atoms with Crippen LogP contribution in [0.3, 0.4) is 0 Å². The van der Waals surface area contributed by atoms with Crippen molar-refractivity contribution in [1.82, 2.24) is 4.98 Å². The Morgan fingerprint density at radius 2 is 1.78 bits per heavy atom. The third-order valence-corrected chi connectivity index (χ3v) is 7.79. The van der Waals surface area contributed by atoms with Gasteiger partial charge in [0.2, 0.25) is 0 Å². The lowest BCUT2D eigenvalue weighted by Crippen LogP contribution is -2.29. The number of carbonyl (C=O) groups excluding carboxylic acids is 2. The number of thiazole rings is 1. The van der Waals surface area contributed by atoms with Crippen LogP contribution in [-0.4, -0.2) is 28.4 Å². The summed E-state index contributed by atoms with van der Waals surface area (Å²) in [5, 5.41) is 11.8. The average molecular weight is 578 g/mol. The lowest BCUT2D eigenvalue weighted by atomic mass is 9.95. The molecule has 1 aromatic heterocycles. The van der Waals surface area contributed by atoms with Crippen LogP contribution in [0.2, 0.25) is 0 Å². The average Bonchev–Trinajstić information content (AvgIpc) is 3.42. The van der Waals surface area contributed by atoms with Crippen molar-refractivity contribution in [2.45, 2.75) is 33.2 Å². The number of ether oxygens (including phenoxy) is 1. The second-order valence-corrected chi connectivity index (χ2v) is 10.9. The summed E-state index contributed by atoms with van der Waals surface area (Å²) in [5.74, 6) is -1.03. The largest absolute Gasteiger partial charge is 0.507 e. The maximum absolute atomic E-state index is 13.5. The van der Waals surface area contributed by atoms with Crippen molar-refractivity contribution < 1.29 is 19.4 Å². The van der Waals surface area contributed by atoms with Crippen LogP contribution in [0.1, 0.15) is 41.6 Å². The molecule has 1 saturated heterocycles. The molecule has 5 rings (SSSR count). The van der Waals surface area contributed by atoms with Crippen molar-refractivity contribution in [1.29, 1.82) is 0 Å². The van der Waals surface area contributed by atoms with E-state index < -0.39 is 17.7 Å². The number of benzene rings is 3. The number of nitrogens with zero attached hydrogens (tertiary/aromatic N) is 2. The van der Waals surface area contributed by atoms with E-state index in [2.05, 4.69) is 15.9 Å². The molecule has 0 aliphatic carbocycles. The molecule has 6 nitrogen and oxygen atoms in total. The van der Waals surface area contributed by atoms with E-state index in [1.807, 2.05) is 57.2 Å². The summed E-state index contributed by atoms with van der Waals surface area (Å²) in [6.07, 6.45) is 0.878. The SMILES string of the molecule is CCCOc1ccc(C(O)=C2C(=O)C(=O)N(c3nc4c(C)cc(C)cc4s3)C2c2ccc(Br)cc2)cc1. The monoisotopic (exact) mass is 576 g/mol. The predicted molar refractivity (Wildman–Crippen MR) is 150 cm³/mol. The number of Topliss-reactive ketones (excluding diaryl/α,β-unsaturated/α-hetero) is 1. The molecule has 1 N–H and O–H groups in total. The van der Waals surface area contributed by atoms with Gasteiger partial charge in [0.05, 0.1) is 28.4 Å². The first-order valence-corrected chi connectivity index (χ1v) is 13.6. The molecule has 0 spiro atoms. The van der Waals surface area contributed by atoms with E-state index in [0.29, 0.717) is 28.6 Å². The molecule has 2 heterocycles. The van der Waals surface area contributed by atoms with Crippen LogP contribution in [0.15, 0.2) is 70.7 Å². The van der Waals surface area contributed by atoms with E-state index in [-0.39, 0.29) is 11.3 Å². The molecule has 37 heavy (non-hydrogen) atoms. The summed E-state index contributed by atoms with van der Waals surface area (Å²) in [6.45, 7) is 6.60. The second kappa shape index (κ2) is 10.1. The van der Waals surface area contributed by atoms with E-state index in [4.69, 9.17) is 9.72 Å². The van der Waals surface area contributed by atoms with Crippen LogP contribution in [0.5, 0.6) is 5.75 Å². The predicted octanol–water partition coefficient (Wildman–Crippen LogP) is 7.09. The summed E-state index contributed by atoms with van der Waals surface area (Å²) in [7, 11) is 0.